The highest BCUT2D eigenvalue weighted by atomic mass is 32.1. The van der Waals surface area contributed by atoms with Crippen LogP contribution in [0.4, 0.5) is 4.39 Å². The summed E-state index contributed by atoms with van der Waals surface area (Å²) in [6, 6.07) is 13.1. The molecule has 1 fully saturated rings. The average molecular weight is 470 g/mol. The van der Waals surface area contributed by atoms with Gasteiger partial charge in [0.15, 0.2) is 5.82 Å². The molecule has 1 aliphatic heterocycles. The Hall–Kier alpha value is -3.33. The Morgan fingerprint density at radius 2 is 2.03 bits per heavy atom. The molecule has 9 heteroatoms. The van der Waals surface area contributed by atoms with Crippen molar-refractivity contribution in [1.29, 1.82) is 0 Å². The molecule has 1 aliphatic rings. The Morgan fingerprint density at radius 3 is 2.82 bits per heavy atom. The third-order valence-electron chi connectivity index (χ3n) is 5.34. The molecule has 0 radical (unpaired) electrons. The fourth-order valence-electron chi connectivity index (χ4n) is 3.73. The van der Waals surface area contributed by atoms with Crippen molar-refractivity contribution in [2.75, 3.05) is 19.7 Å². The highest BCUT2D eigenvalue weighted by Gasteiger charge is 2.30. The second-order valence-corrected chi connectivity index (χ2v) is 8.47. The zero-order valence-corrected chi connectivity index (χ0v) is 19.0. The zero-order valence-electron chi connectivity index (χ0n) is 18.2. The SMILES string of the molecule is CCOC(=O)C1CCCN(C(=O)c2cccc(Oc3nc(Cc4ccc(F)cc4)ns3)c2)C1. The summed E-state index contributed by atoms with van der Waals surface area (Å²) in [5.74, 6) is 0.0763. The molecule has 1 amide bonds. The van der Waals surface area contributed by atoms with E-state index in [9.17, 15) is 14.0 Å². The number of likely N-dealkylation sites (tertiary alicyclic amines) is 1. The van der Waals surface area contributed by atoms with Gasteiger partial charge < -0.3 is 14.4 Å². The van der Waals surface area contributed by atoms with Gasteiger partial charge in [0.1, 0.15) is 11.6 Å². The number of ether oxygens (including phenoxy) is 2. The average Bonchev–Trinajstić information content (AvgIpc) is 3.27. The zero-order chi connectivity index (χ0) is 23.2. The van der Waals surface area contributed by atoms with E-state index in [1.165, 1.54) is 12.1 Å². The molecule has 4 rings (SSSR count). The van der Waals surface area contributed by atoms with Crippen LogP contribution in [0.25, 0.3) is 0 Å². The Morgan fingerprint density at radius 1 is 1.21 bits per heavy atom. The molecule has 33 heavy (non-hydrogen) atoms. The van der Waals surface area contributed by atoms with Crippen LogP contribution in [0.15, 0.2) is 48.5 Å². The number of benzene rings is 2. The number of carbonyl (C=O) groups excluding carboxylic acids is 2. The lowest BCUT2D eigenvalue weighted by molar-refractivity contribution is -0.149. The molecular formula is C24H24FN3O4S. The quantitative estimate of drug-likeness (QED) is 0.475. The summed E-state index contributed by atoms with van der Waals surface area (Å²) in [4.78, 5) is 31.2. The number of piperidine rings is 1. The number of nitrogens with zero attached hydrogens (tertiary/aromatic N) is 3. The number of hydrogen-bond donors (Lipinski definition) is 0. The normalized spacial score (nSPS) is 15.8. The van der Waals surface area contributed by atoms with Crippen LogP contribution in [0.2, 0.25) is 0 Å². The van der Waals surface area contributed by atoms with E-state index in [1.807, 2.05) is 0 Å². The lowest BCUT2D eigenvalue weighted by atomic mass is 9.97. The van der Waals surface area contributed by atoms with Crippen molar-refractivity contribution in [2.45, 2.75) is 26.2 Å². The third kappa shape index (κ3) is 5.92. The molecule has 7 nitrogen and oxygen atoms in total. The van der Waals surface area contributed by atoms with Crippen LogP contribution in [0.3, 0.4) is 0 Å². The smallest absolute Gasteiger partial charge is 0.310 e. The predicted octanol–water partition coefficient (Wildman–Crippen LogP) is 4.48. The monoisotopic (exact) mass is 469 g/mol. The summed E-state index contributed by atoms with van der Waals surface area (Å²) in [7, 11) is 0. The Bertz CT molecular complexity index is 1120. The first-order valence-electron chi connectivity index (χ1n) is 10.8. The van der Waals surface area contributed by atoms with Crippen LogP contribution < -0.4 is 4.74 Å². The van der Waals surface area contributed by atoms with Crippen LogP contribution in [0, 0.1) is 11.7 Å². The summed E-state index contributed by atoms with van der Waals surface area (Å²) < 4.78 is 28.3. The standard InChI is InChI=1S/C24H24FN3O4S/c1-2-31-23(30)18-6-4-12-28(15-18)22(29)17-5-3-7-20(14-17)32-24-26-21(27-33-24)13-16-8-10-19(25)11-9-16/h3,5,7-11,14,18H,2,4,6,12-13,15H2,1H3. The van der Waals surface area contributed by atoms with E-state index in [0.717, 1.165) is 29.9 Å². The number of halogens is 1. The minimum absolute atomic E-state index is 0.149. The largest absolute Gasteiger partial charge is 0.466 e. The number of amides is 1. The lowest BCUT2D eigenvalue weighted by Crippen LogP contribution is -2.42. The van der Waals surface area contributed by atoms with E-state index < -0.39 is 0 Å². The second kappa shape index (κ2) is 10.5. The van der Waals surface area contributed by atoms with Crippen molar-refractivity contribution in [3.63, 3.8) is 0 Å². The molecule has 2 heterocycles. The number of aromatic nitrogens is 2. The molecule has 1 saturated heterocycles. The molecular weight excluding hydrogens is 445 g/mol. The van der Waals surface area contributed by atoms with Gasteiger partial charge in [0.2, 0.25) is 0 Å². The summed E-state index contributed by atoms with van der Waals surface area (Å²) in [6.07, 6.45) is 1.95. The number of rotatable bonds is 7. The van der Waals surface area contributed by atoms with Crippen molar-refractivity contribution < 1.29 is 23.5 Å². The molecule has 0 aliphatic carbocycles. The van der Waals surface area contributed by atoms with E-state index >= 15 is 0 Å². The van der Waals surface area contributed by atoms with Gasteiger partial charge in [-0.2, -0.15) is 9.36 Å². The maximum Gasteiger partial charge on any atom is 0.310 e. The lowest BCUT2D eigenvalue weighted by Gasteiger charge is -2.31. The van der Waals surface area contributed by atoms with Gasteiger partial charge in [0, 0.05) is 36.6 Å². The van der Waals surface area contributed by atoms with Crippen molar-refractivity contribution in [3.8, 4) is 10.9 Å². The van der Waals surface area contributed by atoms with E-state index in [2.05, 4.69) is 9.36 Å². The molecule has 0 bridgehead atoms. The Balaban J connectivity index is 1.40. The van der Waals surface area contributed by atoms with Crippen molar-refractivity contribution in [3.05, 3.63) is 71.3 Å². The molecule has 172 valence electrons. The summed E-state index contributed by atoms with van der Waals surface area (Å²) in [5, 5.41) is 0.358. The first-order chi connectivity index (χ1) is 16.0. The van der Waals surface area contributed by atoms with Gasteiger partial charge in [0.05, 0.1) is 12.5 Å². The Kier molecular flexibility index (Phi) is 7.29. The van der Waals surface area contributed by atoms with E-state index in [0.29, 0.717) is 48.4 Å². The first kappa shape index (κ1) is 22.8. The maximum absolute atomic E-state index is 13.1. The second-order valence-electron chi connectivity index (χ2n) is 7.75. The van der Waals surface area contributed by atoms with E-state index in [-0.39, 0.29) is 23.6 Å². The minimum Gasteiger partial charge on any atom is -0.466 e. The van der Waals surface area contributed by atoms with E-state index in [1.54, 1.807) is 48.2 Å². The predicted molar refractivity (Wildman–Crippen MR) is 121 cm³/mol. The van der Waals surface area contributed by atoms with Gasteiger partial charge >= 0.3 is 5.97 Å². The van der Waals surface area contributed by atoms with Gasteiger partial charge in [-0.1, -0.05) is 18.2 Å². The molecule has 0 spiro atoms. The van der Waals surface area contributed by atoms with Crippen molar-refractivity contribution in [1.82, 2.24) is 14.3 Å². The molecule has 1 unspecified atom stereocenters. The molecule has 1 aromatic heterocycles. The molecule has 0 N–H and O–H groups in total. The molecule has 3 aromatic rings. The summed E-state index contributed by atoms with van der Waals surface area (Å²) in [5.41, 5.74) is 1.38. The first-order valence-corrected chi connectivity index (χ1v) is 11.6. The Labute approximate surface area is 195 Å². The van der Waals surface area contributed by atoms with Crippen LogP contribution in [-0.4, -0.2) is 45.8 Å². The third-order valence-corrected chi connectivity index (χ3v) is 5.97. The molecule has 2 aromatic carbocycles. The number of esters is 1. The van der Waals surface area contributed by atoms with Gasteiger partial charge in [-0.05, 0) is 55.7 Å². The number of hydrogen-bond acceptors (Lipinski definition) is 7. The van der Waals surface area contributed by atoms with Crippen LogP contribution in [0.5, 0.6) is 10.9 Å². The fourth-order valence-corrected chi connectivity index (χ4v) is 4.29. The molecule has 1 atom stereocenters. The maximum atomic E-state index is 13.1. The van der Waals surface area contributed by atoms with Gasteiger partial charge in [-0.15, -0.1) is 0 Å². The van der Waals surface area contributed by atoms with Gasteiger partial charge in [-0.3, -0.25) is 9.59 Å². The summed E-state index contributed by atoms with van der Waals surface area (Å²) in [6.45, 7) is 3.06. The fraction of sp³-hybridized carbons (Fsp3) is 0.333. The van der Waals surface area contributed by atoms with Crippen molar-refractivity contribution >= 4 is 23.4 Å². The van der Waals surface area contributed by atoms with Crippen molar-refractivity contribution in [2.24, 2.45) is 5.92 Å². The van der Waals surface area contributed by atoms with Crippen LogP contribution in [0.1, 0.15) is 41.5 Å². The van der Waals surface area contributed by atoms with Gasteiger partial charge in [0.25, 0.3) is 11.1 Å². The van der Waals surface area contributed by atoms with Crippen LogP contribution >= 0.6 is 11.5 Å². The highest BCUT2D eigenvalue weighted by molar-refractivity contribution is 7.07. The van der Waals surface area contributed by atoms with Crippen LogP contribution in [-0.2, 0) is 16.0 Å². The summed E-state index contributed by atoms with van der Waals surface area (Å²) >= 11 is 1.11. The minimum atomic E-state index is -0.289. The van der Waals surface area contributed by atoms with Gasteiger partial charge in [-0.25, -0.2) is 4.39 Å². The highest BCUT2D eigenvalue weighted by Crippen LogP contribution is 2.26. The topological polar surface area (TPSA) is 81.6 Å². The van der Waals surface area contributed by atoms with E-state index in [4.69, 9.17) is 9.47 Å². The molecule has 0 saturated carbocycles. The number of carbonyl (C=O) groups is 2.